The largest absolute Gasteiger partial charge is 0.368 e. The number of aromatic nitrogens is 2. The van der Waals surface area contributed by atoms with Crippen LogP contribution in [0.15, 0.2) is 12.4 Å². The van der Waals surface area contributed by atoms with Crippen LogP contribution in [0.25, 0.3) is 0 Å². The van der Waals surface area contributed by atoms with E-state index in [2.05, 4.69) is 15.5 Å². The molecule has 1 amide bonds. The van der Waals surface area contributed by atoms with E-state index in [9.17, 15) is 4.79 Å². The molecule has 0 bridgehead atoms. The number of rotatable bonds is 2. The van der Waals surface area contributed by atoms with Gasteiger partial charge in [-0.25, -0.2) is 0 Å². The van der Waals surface area contributed by atoms with Crippen LogP contribution in [0.5, 0.6) is 0 Å². The molecule has 2 rings (SSSR count). The third-order valence-electron chi connectivity index (χ3n) is 1.99. The van der Waals surface area contributed by atoms with E-state index < -0.39 is 0 Å². The molecule has 70 valence electrons. The Morgan fingerprint density at radius 3 is 3.31 bits per heavy atom. The van der Waals surface area contributed by atoms with Gasteiger partial charge in [-0.1, -0.05) is 0 Å². The van der Waals surface area contributed by atoms with E-state index in [1.54, 1.807) is 12.4 Å². The normalized spacial score (nSPS) is 21.7. The van der Waals surface area contributed by atoms with Crippen molar-refractivity contribution in [1.29, 1.82) is 0 Å². The van der Waals surface area contributed by atoms with Crippen LogP contribution in [0.1, 0.15) is 12.8 Å². The minimum absolute atomic E-state index is 0.0844. The van der Waals surface area contributed by atoms with E-state index in [1.165, 1.54) is 0 Å². The van der Waals surface area contributed by atoms with Crippen molar-refractivity contribution >= 4 is 11.6 Å². The zero-order valence-corrected chi connectivity index (χ0v) is 7.12. The van der Waals surface area contributed by atoms with Crippen LogP contribution in [-0.4, -0.2) is 28.8 Å². The number of carbonyl (C=O) groups excluding carboxylic acids is 1. The van der Waals surface area contributed by atoms with Crippen LogP contribution in [-0.2, 0) is 9.53 Å². The number of ether oxygens (including phenoxy) is 1. The molecule has 0 aliphatic carbocycles. The predicted octanol–water partition coefficient (Wildman–Crippen LogP) is 0.527. The first-order valence-electron chi connectivity index (χ1n) is 4.27. The summed E-state index contributed by atoms with van der Waals surface area (Å²) in [5.41, 5.74) is 0.681. The minimum Gasteiger partial charge on any atom is -0.368 e. The molecule has 2 N–H and O–H groups in total. The molecule has 0 aromatic carbocycles. The van der Waals surface area contributed by atoms with E-state index in [4.69, 9.17) is 4.74 Å². The van der Waals surface area contributed by atoms with Gasteiger partial charge in [0, 0.05) is 12.8 Å². The van der Waals surface area contributed by atoms with Crippen molar-refractivity contribution in [2.45, 2.75) is 18.9 Å². The maximum atomic E-state index is 11.4. The highest BCUT2D eigenvalue weighted by Gasteiger charge is 2.23. The molecule has 1 aromatic rings. The van der Waals surface area contributed by atoms with Gasteiger partial charge >= 0.3 is 0 Å². The quantitative estimate of drug-likeness (QED) is 0.699. The van der Waals surface area contributed by atoms with Crippen molar-refractivity contribution in [1.82, 2.24) is 10.2 Å². The molecule has 1 fully saturated rings. The van der Waals surface area contributed by atoms with Crippen molar-refractivity contribution in [3.63, 3.8) is 0 Å². The molecule has 1 unspecified atom stereocenters. The Hall–Kier alpha value is -1.36. The predicted molar refractivity (Wildman–Crippen MR) is 46.2 cm³/mol. The number of nitrogens with zero attached hydrogens (tertiary/aromatic N) is 1. The Kier molecular flexibility index (Phi) is 2.27. The maximum absolute atomic E-state index is 11.4. The SMILES string of the molecule is O=C(Nc1cn[nH]c1)C1CCCO1. The number of H-pyrrole nitrogens is 1. The van der Waals surface area contributed by atoms with Crippen LogP contribution in [0.4, 0.5) is 5.69 Å². The Bertz CT molecular complexity index is 278. The summed E-state index contributed by atoms with van der Waals surface area (Å²) in [5, 5.41) is 9.05. The van der Waals surface area contributed by atoms with Gasteiger partial charge in [0.25, 0.3) is 5.91 Å². The molecule has 13 heavy (non-hydrogen) atoms. The summed E-state index contributed by atoms with van der Waals surface area (Å²) < 4.78 is 5.22. The number of hydrogen-bond acceptors (Lipinski definition) is 3. The molecule has 0 radical (unpaired) electrons. The lowest BCUT2D eigenvalue weighted by atomic mass is 10.2. The lowest BCUT2D eigenvalue weighted by molar-refractivity contribution is -0.124. The van der Waals surface area contributed by atoms with Crippen LogP contribution >= 0.6 is 0 Å². The van der Waals surface area contributed by atoms with Crippen molar-refractivity contribution in [3.05, 3.63) is 12.4 Å². The lowest BCUT2D eigenvalue weighted by Crippen LogP contribution is -2.26. The molecule has 1 aliphatic rings. The number of nitrogens with one attached hydrogen (secondary N) is 2. The molecule has 1 saturated heterocycles. The summed E-state index contributed by atoms with van der Waals surface area (Å²) in [6.07, 6.45) is 4.68. The molecule has 0 spiro atoms. The summed E-state index contributed by atoms with van der Waals surface area (Å²) in [4.78, 5) is 11.4. The molecule has 1 aliphatic heterocycles. The first-order valence-corrected chi connectivity index (χ1v) is 4.27. The maximum Gasteiger partial charge on any atom is 0.253 e. The van der Waals surface area contributed by atoms with E-state index in [0.29, 0.717) is 12.3 Å². The van der Waals surface area contributed by atoms with Crippen molar-refractivity contribution in [2.75, 3.05) is 11.9 Å². The molecule has 1 aromatic heterocycles. The summed E-state index contributed by atoms with van der Waals surface area (Å²) >= 11 is 0. The van der Waals surface area contributed by atoms with Gasteiger partial charge < -0.3 is 10.1 Å². The number of anilines is 1. The summed E-state index contributed by atoms with van der Waals surface area (Å²) in [7, 11) is 0. The second-order valence-electron chi connectivity index (χ2n) is 2.98. The second kappa shape index (κ2) is 3.57. The van der Waals surface area contributed by atoms with Gasteiger partial charge in [-0.2, -0.15) is 5.10 Å². The number of aromatic amines is 1. The van der Waals surface area contributed by atoms with Gasteiger partial charge in [-0.15, -0.1) is 0 Å². The summed E-state index contributed by atoms with van der Waals surface area (Å²) in [6.45, 7) is 0.684. The molecule has 2 heterocycles. The average molecular weight is 181 g/mol. The van der Waals surface area contributed by atoms with Gasteiger partial charge in [0.2, 0.25) is 0 Å². The number of hydrogen-bond donors (Lipinski definition) is 2. The van der Waals surface area contributed by atoms with E-state index in [-0.39, 0.29) is 12.0 Å². The monoisotopic (exact) mass is 181 g/mol. The van der Waals surface area contributed by atoms with Gasteiger partial charge in [-0.3, -0.25) is 9.89 Å². The summed E-state index contributed by atoms with van der Waals surface area (Å²) in [6, 6.07) is 0. The van der Waals surface area contributed by atoms with Gasteiger partial charge in [-0.05, 0) is 12.8 Å². The highest BCUT2D eigenvalue weighted by Crippen LogP contribution is 2.14. The van der Waals surface area contributed by atoms with Gasteiger partial charge in [0.05, 0.1) is 11.9 Å². The Morgan fingerprint density at radius 1 is 1.77 bits per heavy atom. The van der Waals surface area contributed by atoms with E-state index in [1.807, 2.05) is 0 Å². The van der Waals surface area contributed by atoms with E-state index in [0.717, 1.165) is 12.8 Å². The molecule has 1 atom stereocenters. The van der Waals surface area contributed by atoms with Crippen molar-refractivity contribution < 1.29 is 9.53 Å². The van der Waals surface area contributed by atoms with Crippen LogP contribution in [0, 0.1) is 0 Å². The summed E-state index contributed by atoms with van der Waals surface area (Å²) in [5.74, 6) is -0.0844. The van der Waals surface area contributed by atoms with E-state index >= 15 is 0 Å². The van der Waals surface area contributed by atoms with Gasteiger partial charge in [0.15, 0.2) is 0 Å². The average Bonchev–Trinajstić information content (AvgIpc) is 2.74. The Balaban J connectivity index is 1.91. The van der Waals surface area contributed by atoms with Crippen LogP contribution < -0.4 is 5.32 Å². The van der Waals surface area contributed by atoms with Crippen LogP contribution in [0.2, 0.25) is 0 Å². The molecule has 0 saturated carbocycles. The smallest absolute Gasteiger partial charge is 0.253 e. The first kappa shape index (κ1) is 8.25. The highest BCUT2D eigenvalue weighted by atomic mass is 16.5. The standard InChI is InChI=1S/C8H11N3O2/c12-8(7-2-1-3-13-7)11-6-4-9-10-5-6/h4-5,7H,1-3H2,(H,9,10)(H,11,12). The van der Waals surface area contributed by atoms with Crippen LogP contribution in [0.3, 0.4) is 0 Å². The fraction of sp³-hybridized carbons (Fsp3) is 0.500. The van der Waals surface area contributed by atoms with Crippen molar-refractivity contribution in [3.8, 4) is 0 Å². The molecule has 5 nitrogen and oxygen atoms in total. The Morgan fingerprint density at radius 2 is 2.69 bits per heavy atom. The fourth-order valence-corrected chi connectivity index (χ4v) is 1.33. The lowest BCUT2D eigenvalue weighted by Gasteiger charge is -2.07. The third-order valence-corrected chi connectivity index (χ3v) is 1.99. The topological polar surface area (TPSA) is 67.0 Å². The number of carbonyl (C=O) groups is 1. The van der Waals surface area contributed by atoms with Crippen molar-refractivity contribution in [2.24, 2.45) is 0 Å². The Labute approximate surface area is 75.5 Å². The zero-order valence-electron chi connectivity index (χ0n) is 7.12. The fourth-order valence-electron chi connectivity index (χ4n) is 1.33. The van der Waals surface area contributed by atoms with Gasteiger partial charge in [0.1, 0.15) is 6.10 Å². The molecular weight excluding hydrogens is 170 g/mol. The molecule has 5 heteroatoms. The zero-order chi connectivity index (χ0) is 9.10. The number of amides is 1. The first-order chi connectivity index (χ1) is 6.36. The highest BCUT2D eigenvalue weighted by molar-refractivity contribution is 5.94. The molecular formula is C8H11N3O2. The third kappa shape index (κ3) is 1.86. The second-order valence-corrected chi connectivity index (χ2v) is 2.98. The minimum atomic E-state index is -0.283.